The van der Waals surface area contributed by atoms with Crippen LogP contribution in [0.4, 0.5) is 0 Å². The lowest BCUT2D eigenvalue weighted by atomic mass is 9.99. The molecule has 1 atom stereocenters. The van der Waals surface area contributed by atoms with Crippen molar-refractivity contribution < 1.29 is 14.9 Å². The molecule has 2 rings (SSSR count). The molecule has 4 N–H and O–H groups in total. The van der Waals surface area contributed by atoms with Gasteiger partial charge in [-0.25, -0.2) is 0 Å². The summed E-state index contributed by atoms with van der Waals surface area (Å²) in [5.41, 5.74) is 7.31. The van der Waals surface area contributed by atoms with E-state index in [4.69, 9.17) is 10.5 Å². The van der Waals surface area contributed by atoms with Crippen molar-refractivity contribution in [1.29, 1.82) is 0 Å². The van der Waals surface area contributed by atoms with Gasteiger partial charge in [-0.1, -0.05) is 0 Å². The maximum Gasteiger partial charge on any atom is 0.217 e. The van der Waals surface area contributed by atoms with E-state index in [0.29, 0.717) is 18.7 Å². The minimum atomic E-state index is -0.958. The number of hydrogen-bond acceptors (Lipinski definition) is 4. The molecule has 0 saturated heterocycles. The van der Waals surface area contributed by atoms with Crippen molar-refractivity contribution >= 4 is 5.57 Å². The van der Waals surface area contributed by atoms with Crippen LogP contribution in [-0.4, -0.2) is 23.0 Å². The number of nitrogens with two attached hydrogens (primary N) is 1. The van der Waals surface area contributed by atoms with Crippen molar-refractivity contribution in [2.75, 3.05) is 6.54 Å². The number of fused-ring (bicyclic) bond motifs is 1. The van der Waals surface area contributed by atoms with Crippen LogP contribution in [0.25, 0.3) is 5.57 Å². The lowest BCUT2D eigenvalue weighted by Crippen LogP contribution is -2.18. The Morgan fingerprint density at radius 3 is 2.93 bits per heavy atom. The first kappa shape index (κ1) is 10.0. The van der Waals surface area contributed by atoms with Crippen LogP contribution in [0.3, 0.4) is 0 Å². The number of rotatable bonds is 2. The molecule has 0 amide bonds. The molecular weight excluding hydrogens is 194 g/mol. The van der Waals surface area contributed by atoms with E-state index >= 15 is 0 Å². The van der Waals surface area contributed by atoms with Gasteiger partial charge < -0.3 is 20.7 Å². The van der Waals surface area contributed by atoms with Crippen molar-refractivity contribution in [3.05, 3.63) is 29.8 Å². The summed E-state index contributed by atoms with van der Waals surface area (Å²) in [4.78, 5) is 0. The van der Waals surface area contributed by atoms with Gasteiger partial charge in [0.15, 0.2) is 0 Å². The zero-order valence-corrected chi connectivity index (χ0v) is 8.18. The Morgan fingerprint density at radius 2 is 2.20 bits per heavy atom. The molecule has 1 aliphatic rings. The molecule has 4 heteroatoms. The summed E-state index contributed by atoms with van der Waals surface area (Å²) in [5, 5.41) is 18.7. The van der Waals surface area contributed by atoms with E-state index in [1.165, 1.54) is 6.07 Å². The standard InChI is InChI=1S/C11H13NO3/c12-4-3-7-5-11(14)15-10-6-8(13)1-2-9(7)10/h1-2,5-6,11,13-14H,3-4,12H2. The molecule has 15 heavy (non-hydrogen) atoms. The molecule has 0 saturated carbocycles. The summed E-state index contributed by atoms with van der Waals surface area (Å²) in [5.74, 6) is 0.614. The van der Waals surface area contributed by atoms with Crippen LogP contribution < -0.4 is 10.5 Å². The van der Waals surface area contributed by atoms with E-state index in [2.05, 4.69) is 0 Å². The van der Waals surface area contributed by atoms with Gasteiger partial charge in [-0.05, 0) is 36.7 Å². The van der Waals surface area contributed by atoms with Crippen molar-refractivity contribution in [1.82, 2.24) is 0 Å². The fourth-order valence-corrected chi connectivity index (χ4v) is 1.67. The summed E-state index contributed by atoms with van der Waals surface area (Å²) >= 11 is 0. The average molecular weight is 207 g/mol. The monoisotopic (exact) mass is 207 g/mol. The minimum absolute atomic E-state index is 0.120. The SMILES string of the molecule is NCCC1=CC(O)Oc2cc(O)ccc21. The van der Waals surface area contributed by atoms with Gasteiger partial charge >= 0.3 is 0 Å². The number of phenolic OH excluding ortho intramolecular Hbond substituents is 1. The highest BCUT2D eigenvalue weighted by molar-refractivity contribution is 5.73. The molecule has 0 bridgehead atoms. The van der Waals surface area contributed by atoms with Gasteiger partial charge in [-0.2, -0.15) is 0 Å². The Hall–Kier alpha value is -1.52. The maximum absolute atomic E-state index is 9.42. The number of ether oxygens (including phenoxy) is 1. The minimum Gasteiger partial charge on any atom is -0.508 e. The van der Waals surface area contributed by atoms with Crippen molar-refractivity contribution in [2.24, 2.45) is 5.73 Å². The number of hydrogen-bond donors (Lipinski definition) is 3. The molecule has 80 valence electrons. The molecule has 0 aromatic heterocycles. The van der Waals surface area contributed by atoms with Crippen LogP contribution in [0.1, 0.15) is 12.0 Å². The number of aromatic hydroxyl groups is 1. The second kappa shape index (κ2) is 3.92. The van der Waals surface area contributed by atoms with Gasteiger partial charge in [0.1, 0.15) is 11.5 Å². The van der Waals surface area contributed by atoms with E-state index in [-0.39, 0.29) is 5.75 Å². The summed E-state index contributed by atoms with van der Waals surface area (Å²) in [6, 6.07) is 4.84. The molecular formula is C11H13NO3. The van der Waals surface area contributed by atoms with Crippen molar-refractivity contribution in [2.45, 2.75) is 12.7 Å². The van der Waals surface area contributed by atoms with E-state index in [1.807, 2.05) is 0 Å². The predicted molar refractivity (Wildman–Crippen MR) is 56.4 cm³/mol. The third-order valence-corrected chi connectivity index (χ3v) is 2.32. The largest absolute Gasteiger partial charge is 0.508 e. The topological polar surface area (TPSA) is 75.7 Å². The molecule has 4 nitrogen and oxygen atoms in total. The number of benzene rings is 1. The molecule has 0 aliphatic carbocycles. The maximum atomic E-state index is 9.42. The normalized spacial score (nSPS) is 19.1. The first-order chi connectivity index (χ1) is 7.20. The summed E-state index contributed by atoms with van der Waals surface area (Å²) in [6.45, 7) is 0.513. The molecule has 1 aromatic rings. The Bertz CT molecular complexity index is 401. The predicted octanol–water partition coefficient (Wildman–Crippen LogP) is 0.835. The highest BCUT2D eigenvalue weighted by atomic mass is 16.6. The lowest BCUT2D eigenvalue weighted by Gasteiger charge is -2.22. The van der Waals surface area contributed by atoms with Gasteiger partial charge in [0.05, 0.1) is 0 Å². The number of aliphatic hydroxyl groups excluding tert-OH is 1. The molecule has 1 aromatic carbocycles. The van der Waals surface area contributed by atoms with Gasteiger partial charge in [0.25, 0.3) is 0 Å². The summed E-state index contributed by atoms with van der Waals surface area (Å²) in [6.07, 6.45) is 1.35. The zero-order chi connectivity index (χ0) is 10.8. The van der Waals surface area contributed by atoms with Crippen LogP contribution in [0, 0.1) is 0 Å². The number of phenols is 1. The Kier molecular flexibility index (Phi) is 2.62. The first-order valence-electron chi connectivity index (χ1n) is 4.79. The molecule has 1 aliphatic heterocycles. The highest BCUT2D eigenvalue weighted by Gasteiger charge is 2.18. The van der Waals surface area contributed by atoms with Crippen LogP contribution in [0.2, 0.25) is 0 Å². The van der Waals surface area contributed by atoms with E-state index in [1.54, 1.807) is 18.2 Å². The number of aliphatic hydroxyl groups is 1. The van der Waals surface area contributed by atoms with E-state index in [0.717, 1.165) is 11.1 Å². The van der Waals surface area contributed by atoms with Crippen molar-refractivity contribution in [3.8, 4) is 11.5 Å². The van der Waals surface area contributed by atoms with Crippen LogP contribution in [0.5, 0.6) is 11.5 Å². The van der Waals surface area contributed by atoms with Crippen LogP contribution in [-0.2, 0) is 0 Å². The molecule has 0 radical (unpaired) electrons. The fraction of sp³-hybridized carbons (Fsp3) is 0.273. The van der Waals surface area contributed by atoms with Crippen LogP contribution in [0.15, 0.2) is 24.3 Å². The second-order valence-corrected chi connectivity index (χ2v) is 3.42. The third-order valence-electron chi connectivity index (χ3n) is 2.32. The Balaban J connectivity index is 2.42. The summed E-state index contributed by atoms with van der Waals surface area (Å²) in [7, 11) is 0. The average Bonchev–Trinajstić information content (AvgIpc) is 2.17. The zero-order valence-electron chi connectivity index (χ0n) is 8.18. The summed E-state index contributed by atoms with van der Waals surface area (Å²) < 4.78 is 5.17. The van der Waals surface area contributed by atoms with Crippen LogP contribution >= 0.6 is 0 Å². The lowest BCUT2D eigenvalue weighted by molar-refractivity contribution is 0.0222. The molecule has 1 unspecified atom stereocenters. The van der Waals surface area contributed by atoms with Crippen molar-refractivity contribution in [3.63, 3.8) is 0 Å². The van der Waals surface area contributed by atoms with E-state index in [9.17, 15) is 10.2 Å². The fourth-order valence-electron chi connectivity index (χ4n) is 1.67. The first-order valence-corrected chi connectivity index (χ1v) is 4.79. The van der Waals surface area contributed by atoms with Gasteiger partial charge in [0.2, 0.25) is 6.29 Å². The van der Waals surface area contributed by atoms with Gasteiger partial charge in [-0.15, -0.1) is 0 Å². The van der Waals surface area contributed by atoms with Gasteiger partial charge in [-0.3, -0.25) is 0 Å². The Labute approximate surface area is 87.6 Å². The highest BCUT2D eigenvalue weighted by Crippen LogP contribution is 2.35. The van der Waals surface area contributed by atoms with E-state index < -0.39 is 6.29 Å². The molecule has 1 heterocycles. The molecule has 0 fully saturated rings. The quantitative estimate of drug-likeness (QED) is 0.671. The second-order valence-electron chi connectivity index (χ2n) is 3.42. The third kappa shape index (κ3) is 1.95. The smallest absolute Gasteiger partial charge is 0.217 e. The molecule has 0 spiro atoms. The van der Waals surface area contributed by atoms with Gasteiger partial charge in [0, 0.05) is 11.6 Å². The Morgan fingerprint density at radius 1 is 1.40 bits per heavy atom.